The standard InChI is InChI=1S/C20H23ClN4OS/c1-13(2)11-25-20(21)15(14(3)23-25)9-10-19(26)24(4)12-18-22-16-7-5-6-8-17(16)27-18/h5-10,13H,11-12H2,1-4H3/b10-9+. The van der Waals surface area contributed by atoms with Crippen LogP contribution in [0.5, 0.6) is 0 Å². The number of thiazole rings is 1. The molecule has 142 valence electrons. The maximum Gasteiger partial charge on any atom is 0.246 e. The summed E-state index contributed by atoms with van der Waals surface area (Å²) in [6.45, 7) is 7.35. The van der Waals surface area contributed by atoms with Crippen molar-refractivity contribution in [3.63, 3.8) is 0 Å². The smallest absolute Gasteiger partial charge is 0.246 e. The normalized spacial score (nSPS) is 11.8. The van der Waals surface area contributed by atoms with E-state index in [0.29, 0.717) is 17.6 Å². The van der Waals surface area contributed by atoms with Crippen molar-refractivity contribution in [1.82, 2.24) is 19.7 Å². The molecular weight excluding hydrogens is 380 g/mol. The Morgan fingerprint density at radius 1 is 1.37 bits per heavy atom. The van der Waals surface area contributed by atoms with Gasteiger partial charge in [0.2, 0.25) is 5.91 Å². The second kappa shape index (κ2) is 8.23. The molecule has 2 aromatic heterocycles. The van der Waals surface area contributed by atoms with Gasteiger partial charge in [-0.1, -0.05) is 37.6 Å². The monoisotopic (exact) mass is 402 g/mol. The first-order valence-corrected chi connectivity index (χ1v) is 10.0. The van der Waals surface area contributed by atoms with Crippen LogP contribution in [0.15, 0.2) is 30.3 Å². The number of carbonyl (C=O) groups excluding carboxylic acids is 1. The van der Waals surface area contributed by atoms with Crippen molar-refractivity contribution in [3.8, 4) is 0 Å². The second-order valence-electron chi connectivity index (χ2n) is 6.97. The highest BCUT2D eigenvalue weighted by molar-refractivity contribution is 7.18. The van der Waals surface area contributed by atoms with Crippen LogP contribution in [0.1, 0.15) is 30.1 Å². The zero-order valence-corrected chi connectivity index (χ0v) is 17.5. The van der Waals surface area contributed by atoms with E-state index in [1.165, 1.54) is 0 Å². The van der Waals surface area contributed by atoms with Crippen molar-refractivity contribution in [2.45, 2.75) is 33.9 Å². The molecule has 3 rings (SSSR count). The fourth-order valence-electron chi connectivity index (χ4n) is 2.77. The maximum absolute atomic E-state index is 12.5. The summed E-state index contributed by atoms with van der Waals surface area (Å²) in [6, 6.07) is 7.98. The molecule has 27 heavy (non-hydrogen) atoms. The number of likely N-dealkylation sites (N-methyl/N-ethyl adjacent to an activating group) is 1. The minimum atomic E-state index is -0.0960. The van der Waals surface area contributed by atoms with Gasteiger partial charge in [-0.05, 0) is 31.1 Å². The molecule has 0 atom stereocenters. The van der Waals surface area contributed by atoms with E-state index in [0.717, 1.165) is 33.0 Å². The highest BCUT2D eigenvalue weighted by Crippen LogP contribution is 2.24. The first-order chi connectivity index (χ1) is 12.8. The Hall–Kier alpha value is -2.18. The third kappa shape index (κ3) is 4.57. The van der Waals surface area contributed by atoms with Crippen molar-refractivity contribution in [3.05, 3.63) is 51.8 Å². The van der Waals surface area contributed by atoms with Crippen molar-refractivity contribution in [2.75, 3.05) is 7.05 Å². The predicted octanol–water partition coefficient (Wildman–Crippen LogP) is 4.78. The molecule has 2 heterocycles. The lowest BCUT2D eigenvalue weighted by Crippen LogP contribution is -2.23. The molecular formula is C20H23ClN4OS. The molecule has 1 aromatic carbocycles. The number of hydrogen-bond acceptors (Lipinski definition) is 4. The number of nitrogens with zero attached hydrogens (tertiary/aromatic N) is 4. The Labute approximate surface area is 168 Å². The molecule has 0 aliphatic rings. The number of hydrogen-bond donors (Lipinski definition) is 0. The second-order valence-corrected chi connectivity index (χ2v) is 8.44. The Kier molecular flexibility index (Phi) is 5.97. The molecule has 0 aliphatic carbocycles. The lowest BCUT2D eigenvalue weighted by molar-refractivity contribution is -0.125. The number of fused-ring (bicyclic) bond motifs is 1. The van der Waals surface area contributed by atoms with Gasteiger partial charge in [-0.15, -0.1) is 11.3 Å². The average Bonchev–Trinajstić information content (AvgIpc) is 3.13. The molecule has 0 saturated carbocycles. The first kappa shape index (κ1) is 19.6. The lowest BCUT2D eigenvalue weighted by Gasteiger charge is -2.12. The summed E-state index contributed by atoms with van der Waals surface area (Å²) in [7, 11) is 1.77. The molecule has 3 aromatic rings. The van der Waals surface area contributed by atoms with Gasteiger partial charge in [0.25, 0.3) is 0 Å². The lowest BCUT2D eigenvalue weighted by atomic mass is 10.2. The van der Waals surface area contributed by atoms with Crippen LogP contribution in [0.3, 0.4) is 0 Å². The summed E-state index contributed by atoms with van der Waals surface area (Å²) in [6.07, 6.45) is 3.29. The quantitative estimate of drug-likeness (QED) is 0.557. The molecule has 0 bridgehead atoms. The summed E-state index contributed by atoms with van der Waals surface area (Å²) in [5, 5.41) is 5.95. The average molecular weight is 403 g/mol. The third-order valence-corrected chi connectivity index (χ3v) is 5.55. The minimum Gasteiger partial charge on any atom is -0.335 e. The van der Waals surface area contributed by atoms with E-state index in [2.05, 4.69) is 23.9 Å². The van der Waals surface area contributed by atoms with Crippen molar-refractivity contribution in [2.24, 2.45) is 5.92 Å². The molecule has 7 heteroatoms. The Balaban J connectivity index is 1.70. The fraction of sp³-hybridized carbons (Fsp3) is 0.350. The van der Waals surface area contributed by atoms with Gasteiger partial charge in [0.1, 0.15) is 10.2 Å². The van der Waals surface area contributed by atoms with E-state index in [9.17, 15) is 4.79 Å². The van der Waals surface area contributed by atoms with E-state index in [1.807, 2.05) is 31.2 Å². The van der Waals surface area contributed by atoms with E-state index in [4.69, 9.17) is 11.6 Å². The van der Waals surface area contributed by atoms with E-state index in [-0.39, 0.29) is 5.91 Å². The van der Waals surface area contributed by atoms with Crippen molar-refractivity contribution < 1.29 is 4.79 Å². The number of rotatable bonds is 6. The number of aryl methyl sites for hydroxylation is 1. The molecule has 0 N–H and O–H groups in total. The molecule has 0 unspecified atom stereocenters. The van der Waals surface area contributed by atoms with Gasteiger partial charge in [0.05, 0.1) is 22.5 Å². The van der Waals surface area contributed by atoms with Gasteiger partial charge in [-0.25, -0.2) is 4.98 Å². The fourth-order valence-corrected chi connectivity index (χ4v) is 4.10. The van der Waals surface area contributed by atoms with Gasteiger partial charge in [0.15, 0.2) is 0 Å². The van der Waals surface area contributed by atoms with Crippen LogP contribution in [-0.4, -0.2) is 32.6 Å². The highest BCUT2D eigenvalue weighted by atomic mass is 35.5. The third-order valence-electron chi connectivity index (χ3n) is 4.13. The molecule has 0 spiro atoms. The predicted molar refractivity (Wildman–Crippen MR) is 112 cm³/mol. The number of aromatic nitrogens is 3. The van der Waals surface area contributed by atoms with Crippen LogP contribution < -0.4 is 0 Å². The molecule has 0 saturated heterocycles. The highest BCUT2D eigenvalue weighted by Gasteiger charge is 2.14. The van der Waals surface area contributed by atoms with Gasteiger partial charge in [-0.2, -0.15) is 5.10 Å². The van der Waals surface area contributed by atoms with Gasteiger partial charge < -0.3 is 4.90 Å². The van der Waals surface area contributed by atoms with E-state index >= 15 is 0 Å². The summed E-state index contributed by atoms with van der Waals surface area (Å²) in [4.78, 5) is 18.7. The Morgan fingerprint density at radius 3 is 2.81 bits per heavy atom. The van der Waals surface area contributed by atoms with Crippen LogP contribution in [0.4, 0.5) is 0 Å². The summed E-state index contributed by atoms with van der Waals surface area (Å²) < 4.78 is 2.92. The molecule has 0 fully saturated rings. The Morgan fingerprint density at radius 2 is 2.11 bits per heavy atom. The molecule has 0 aliphatic heterocycles. The van der Waals surface area contributed by atoms with Crippen LogP contribution >= 0.6 is 22.9 Å². The van der Waals surface area contributed by atoms with Gasteiger partial charge in [-0.3, -0.25) is 9.48 Å². The largest absolute Gasteiger partial charge is 0.335 e. The number of carbonyl (C=O) groups is 1. The number of amides is 1. The van der Waals surface area contributed by atoms with Gasteiger partial charge >= 0.3 is 0 Å². The van der Waals surface area contributed by atoms with Crippen molar-refractivity contribution in [1.29, 1.82) is 0 Å². The SMILES string of the molecule is Cc1nn(CC(C)C)c(Cl)c1/C=C/C(=O)N(C)Cc1nc2ccccc2s1. The van der Waals surface area contributed by atoms with Crippen LogP contribution in [0.25, 0.3) is 16.3 Å². The van der Waals surface area contributed by atoms with Crippen LogP contribution in [0.2, 0.25) is 5.15 Å². The molecule has 5 nitrogen and oxygen atoms in total. The Bertz CT molecular complexity index is 956. The molecule has 0 radical (unpaired) electrons. The maximum atomic E-state index is 12.5. The van der Waals surface area contributed by atoms with Crippen molar-refractivity contribution >= 4 is 45.1 Å². The van der Waals surface area contributed by atoms with E-state index in [1.54, 1.807) is 40.1 Å². The topological polar surface area (TPSA) is 51.0 Å². The number of halogens is 1. The zero-order chi connectivity index (χ0) is 19.6. The summed E-state index contributed by atoms with van der Waals surface area (Å²) in [5.74, 6) is 0.349. The number of para-hydroxylation sites is 1. The van der Waals surface area contributed by atoms with Crippen LogP contribution in [0, 0.1) is 12.8 Å². The first-order valence-electron chi connectivity index (χ1n) is 8.85. The van der Waals surface area contributed by atoms with Crippen LogP contribution in [-0.2, 0) is 17.9 Å². The number of benzene rings is 1. The molecule has 1 amide bonds. The summed E-state index contributed by atoms with van der Waals surface area (Å²) >= 11 is 8.04. The zero-order valence-electron chi connectivity index (χ0n) is 15.9. The van der Waals surface area contributed by atoms with Gasteiger partial charge in [0, 0.05) is 25.2 Å². The van der Waals surface area contributed by atoms with E-state index < -0.39 is 0 Å². The summed E-state index contributed by atoms with van der Waals surface area (Å²) in [5.41, 5.74) is 2.58. The minimum absolute atomic E-state index is 0.0960.